The first kappa shape index (κ1) is 18.7. The summed E-state index contributed by atoms with van der Waals surface area (Å²) in [5.74, 6) is -0.146. The fourth-order valence-corrected chi connectivity index (χ4v) is 2.03. The number of phenolic OH excluding ortho intramolecular Hbond substituents is 1. The average molecular weight is 315 g/mol. The zero-order valence-corrected chi connectivity index (χ0v) is 14.5. The molecule has 0 radical (unpaired) electrons. The van der Waals surface area contributed by atoms with Crippen molar-refractivity contribution >= 4 is 11.7 Å². The van der Waals surface area contributed by atoms with Crippen LogP contribution in [0.5, 0.6) is 5.75 Å². The fraction of sp³-hybridized carbons (Fsp3) is 0.368. The summed E-state index contributed by atoms with van der Waals surface area (Å²) in [5, 5.41) is 9.92. The van der Waals surface area contributed by atoms with E-state index in [1.807, 2.05) is 19.1 Å². The maximum atomic E-state index is 12.5. The van der Waals surface area contributed by atoms with Crippen LogP contribution in [0.15, 0.2) is 42.0 Å². The Kier molecular flexibility index (Phi) is 6.76. The largest absolute Gasteiger partial charge is 0.507 e. The molecule has 1 N–H and O–H groups in total. The third-order valence-electron chi connectivity index (χ3n) is 3.47. The van der Waals surface area contributed by atoms with E-state index in [1.165, 1.54) is 30.0 Å². The van der Waals surface area contributed by atoms with Gasteiger partial charge in [-0.15, -0.1) is 0 Å². The van der Waals surface area contributed by atoms with Gasteiger partial charge in [-0.05, 0) is 43.5 Å². The molecule has 4 nitrogen and oxygen atoms in total. The van der Waals surface area contributed by atoms with Gasteiger partial charge in [-0.1, -0.05) is 32.1 Å². The minimum atomic E-state index is -0.317. The highest BCUT2D eigenvalue weighted by Gasteiger charge is 2.17. The zero-order valence-electron chi connectivity index (χ0n) is 14.5. The van der Waals surface area contributed by atoms with Crippen molar-refractivity contribution in [1.29, 1.82) is 0 Å². The third-order valence-corrected chi connectivity index (χ3v) is 3.47. The molecule has 0 aliphatic heterocycles. The number of aromatic hydroxyl groups is 1. The normalized spacial score (nSPS) is 12.0. The molecule has 0 fully saturated rings. The second-order valence-electron chi connectivity index (χ2n) is 5.92. The van der Waals surface area contributed by atoms with Crippen LogP contribution in [-0.4, -0.2) is 35.3 Å². The van der Waals surface area contributed by atoms with Crippen molar-refractivity contribution in [3.63, 3.8) is 0 Å². The summed E-state index contributed by atoms with van der Waals surface area (Å²) in [7, 11) is 1.68. The molecule has 0 aromatic heterocycles. The fourth-order valence-electron chi connectivity index (χ4n) is 2.03. The van der Waals surface area contributed by atoms with Crippen LogP contribution in [0.4, 0.5) is 0 Å². The summed E-state index contributed by atoms with van der Waals surface area (Å²) < 4.78 is 0. The van der Waals surface area contributed by atoms with E-state index in [0.29, 0.717) is 18.0 Å². The van der Waals surface area contributed by atoms with Crippen molar-refractivity contribution < 1.29 is 14.7 Å². The van der Waals surface area contributed by atoms with Crippen molar-refractivity contribution in [3.05, 3.63) is 53.1 Å². The topological polar surface area (TPSA) is 57.6 Å². The van der Waals surface area contributed by atoms with E-state index in [1.54, 1.807) is 7.05 Å². The van der Waals surface area contributed by atoms with Crippen LogP contribution in [0.25, 0.3) is 0 Å². The summed E-state index contributed by atoms with van der Waals surface area (Å²) in [5.41, 5.74) is 1.56. The van der Waals surface area contributed by atoms with Gasteiger partial charge in [0.1, 0.15) is 5.75 Å². The number of Topliss-reactive ketones (excluding diaryl/α,β-unsaturated/α-hetero) is 1. The molecule has 0 unspecified atom stereocenters. The predicted octanol–water partition coefficient (Wildman–Crippen LogP) is 3.83. The van der Waals surface area contributed by atoms with E-state index >= 15 is 0 Å². The molecule has 1 aromatic rings. The molecule has 0 spiro atoms. The number of carbonyl (C=O) groups is 2. The Morgan fingerprint density at radius 3 is 2.48 bits per heavy atom. The van der Waals surface area contributed by atoms with Crippen molar-refractivity contribution in [2.75, 3.05) is 13.6 Å². The number of nitrogens with zero attached hydrogens (tertiary/aromatic N) is 1. The predicted molar refractivity (Wildman–Crippen MR) is 92.8 cm³/mol. The smallest absolute Gasteiger partial charge is 0.257 e. The van der Waals surface area contributed by atoms with Crippen LogP contribution < -0.4 is 0 Å². The lowest BCUT2D eigenvalue weighted by Gasteiger charge is -2.19. The highest BCUT2D eigenvalue weighted by atomic mass is 16.3. The van der Waals surface area contributed by atoms with Gasteiger partial charge in [-0.2, -0.15) is 0 Å². The van der Waals surface area contributed by atoms with Gasteiger partial charge in [0.25, 0.3) is 5.91 Å². The quantitative estimate of drug-likeness (QED) is 0.641. The number of hydrogen-bond acceptors (Lipinski definition) is 3. The summed E-state index contributed by atoms with van der Waals surface area (Å²) in [4.78, 5) is 25.5. The Bertz CT molecular complexity index is 642. The van der Waals surface area contributed by atoms with E-state index in [0.717, 1.165) is 5.57 Å². The van der Waals surface area contributed by atoms with Crippen molar-refractivity contribution in [3.8, 4) is 5.75 Å². The van der Waals surface area contributed by atoms with E-state index < -0.39 is 0 Å². The molecular weight excluding hydrogens is 290 g/mol. The second kappa shape index (κ2) is 8.32. The Balaban J connectivity index is 2.96. The maximum Gasteiger partial charge on any atom is 0.257 e. The van der Waals surface area contributed by atoms with Crippen LogP contribution in [0.3, 0.4) is 0 Å². The number of rotatable bonds is 6. The monoisotopic (exact) mass is 315 g/mol. The van der Waals surface area contributed by atoms with Crippen molar-refractivity contribution in [2.24, 2.45) is 5.92 Å². The highest BCUT2D eigenvalue weighted by Crippen LogP contribution is 2.21. The molecule has 0 heterocycles. The van der Waals surface area contributed by atoms with Crippen LogP contribution in [0.2, 0.25) is 0 Å². The summed E-state index contributed by atoms with van der Waals surface area (Å²) in [6, 6.07) is 4.33. The Labute approximate surface area is 138 Å². The minimum Gasteiger partial charge on any atom is -0.507 e. The number of amides is 1. The number of ketones is 1. The number of allylic oxidation sites excluding steroid dienone is 2. The van der Waals surface area contributed by atoms with Crippen LogP contribution in [0.1, 0.15) is 48.4 Å². The van der Waals surface area contributed by atoms with Gasteiger partial charge in [-0.25, -0.2) is 0 Å². The number of benzene rings is 1. The average Bonchev–Trinajstić information content (AvgIpc) is 2.50. The molecule has 0 saturated carbocycles. The molecule has 1 aromatic carbocycles. The molecule has 1 rings (SSSR count). The number of carbonyl (C=O) groups excluding carboxylic acids is 2. The minimum absolute atomic E-state index is 0.119. The number of hydrogen-bond donors (Lipinski definition) is 1. The lowest BCUT2D eigenvalue weighted by atomic mass is 10.1. The summed E-state index contributed by atoms with van der Waals surface area (Å²) in [6.45, 7) is 7.96. The molecule has 23 heavy (non-hydrogen) atoms. The van der Waals surface area contributed by atoms with Gasteiger partial charge in [0.15, 0.2) is 5.78 Å². The van der Waals surface area contributed by atoms with E-state index in [-0.39, 0.29) is 23.0 Å². The van der Waals surface area contributed by atoms with Gasteiger partial charge < -0.3 is 10.0 Å². The van der Waals surface area contributed by atoms with Gasteiger partial charge in [0.2, 0.25) is 0 Å². The van der Waals surface area contributed by atoms with Gasteiger partial charge >= 0.3 is 0 Å². The molecule has 0 aliphatic rings. The third kappa shape index (κ3) is 5.40. The number of likely N-dealkylation sites (N-methyl/N-ethyl adjacent to an activating group) is 1. The SMILES string of the molecule is C/C=C(\C=C/C(C)C)CN(C)C(=O)c1cc(C(C)=O)ccc1O. The van der Waals surface area contributed by atoms with Crippen LogP contribution in [0, 0.1) is 5.92 Å². The van der Waals surface area contributed by atoms with Crippen LogP contribution in [-0.2, 0) is 0 Å². The molecule has 0 aliphatic carbocycles. The molecule has 0 atom stereocenters. The summed E-state index contributed by atoms with van der Waals surface area (Å²) in [6.07, 6.45) is 6.02. The van der Waals surface area contributed by atoms with E-state index in [9.17, 15) is 14.7 Å². The Hall–Kier alpha value is -2.36. The van der Waals surface area contributed by atoms with Gasteiger partial charge in [0.05, 0.1) is 5.56 Å². The standard InChI is InChI=1S/C19H25NO3/c1-6-15(8-7-13(2)3)12-20(5)19(23)17-11-16(14(4)21)9-10-18(17)22/h6-11,13,22H,12H2,1-5H3/b8-7-,15-6+. The van der Waals surface area contributed by atoms with Crippen molar-refractivity contribution in [1.82, 2.24) is 4.90 Å². The Morgan fingerprint density at radius 1 is 1.30 bits per heavy atom. The van der Waals surface area contributed by atoms with Crippen LogP contribution >= 0.6 is 0 Å². The van der Waals surface area contributed by atoms with Gasteiger partial charge in [-0.3, -0.25) is 9.59 Å². The Morgan fingerprint density at radius 2 is 1.96 bits per heavy atom. The molecule has 124 valence electrons. The molecule has 0 bridgehead atoms. The first-order valence-corrected chi connectivity index (χ1v) is 7.69. The lowest BCUT2D eigenvalue weighted by molar-refractivity contribution is 0.0805. The molecular formula is C19H25NO3. The first-order valence-electron chi connectivity index (χ1n) is 7.69. The zero-order chi connectivity index (χ0) is 17.6. The summed E-state index contributed by atoms with van der Waals surface area (Å²) >= 11 is 0. The van der Waals surface area contributed by atoms with Crippen molar-refractivity contribution in [2.45, 2.75) is 27.7 Å². The lowest BCUT2D eigenvalue weighted by Crippen LogP contribution is -2.28. The molecule has 0 saturated heterocycles. The number of phenols is 1. The van der Waals surface area contributed by atoms with Gasteiger partial charge in [0, 0.05) is 19.2 Å². The van der Waals surface area contributed by atoms with E-state index in [4.69, 9.17) is 0 Å². The highest BCUT2D eigenvalue weighted by molar-refractivity contribution is 6.01. The molecule has 1 amide bonds. The first-order chi connectivity index (χ1) is 10.8. The second-order valence-corrected chi connectivity index (χ2v) is 5.92. The maximum absolute atomic E-state index is 12.5. The van der Waals surface area contributed by atoms with E-state index in [2.05, 4.69) is 19.9 Å². The molecule has 4 heteroatoms.